The highest BCUT2D eigenvalue weighted by Gasteiger charge is 2.48. The lowest BCUT2D eigenvalue weighted by Gasteiger charge is -2.22. The summed E-state index contributed by atoms with van der Waals surface area (Å²) in [5, 5.41) is -0.0154. The fourth-order valence-electron chi connectivity index (χ4n) is 2.86. The van der Waals surface area contributed by atoms with Crippen molar-refractivity contribution in [2.75, 3.05) is 14.1 Å². The molecule has 0 bridgehead atoms. The second-order valence-electron chi connectivity index (χ2n) is 7.40. The van der Waals surface area contributed by atoms with Crippen LogP contribution in [0.15, 0.2) is 66.7 Å². The number of alkyl halides is 2. The molecule has 0 N–H and O–H groups in total. The monoisotopic (exact) mass is 476 g/mol. The third-order valence-electron chi connectivity index (χ3n) is 4.75. The summed E-state index contributed by atoms with van der Waals surface area (Å²) >= 11 is 0. The zero-order chi connectivity index (χ0) is 25.0. The standard InChI is InChI=1S/C23H26F2N4O3S/c1-7-19(23(24,25)33(31,32)28(4)5)10-9-16(3)11-22(30)20-12-17(13-26-21(20)8-2)18-14-27-29(6)15-18/h7-15H,2H2,1,3-6H3/b10-9-,16-11+,19-7+. The number of carbonyl (C=O) groups excluding carboxylic acids is 1. The minimum Gasteiger partial charge on any atom is -0.289 e. The number of allylic oxidation sites excluding steroid dienone is 5. The van der Waals surface area contributed by atoms with Crippen molar-refractivity contribution in [3.05, 3.63) is 77.9 Å². The third-order valence-corrected chi connectivity index (χ3v) is 6.60. The van der Waals surface area contributed by atoms with Gasteiger partial charge in [-0.25, -0.2) is 12.7 Å². The number of rotatable bonds is 9. The van der Waals surface area contributed by atoms with E-state index in [0.717, 1.165) is 31.8 Å². The van der Waals surface area contributed by atoms with Crippen molar-refractivity contribution in [3.8, 4) is 11.1 Å². The Morgan fingerprint density at radius 1 is 1.21 bits per heavy atom. The van der Waals surface area contributed by atoms with Crippen LogP contribution in [0.2, 0.25) is 0 Å². The normalized spacial score (nSPS) is 13.7. The van der Waals surface area contributed by atoms with Gasteiger partial charge in [-0.05, 0) is 37.6 Å². The van der Waals surface area contributed by atoms with Gasteiger partial charge in [0.2, 0.25) is 0 Å². The van der Waals surface area contributed by atoms with E-state index in [9.17, 15) is 22.0 Å². The molecule has 176 valence electrons. The van der Waals surface area contributed by atoms with Crippen molar-refractivity contribution in [1.82, 2.24) is 19.1 Å². The number of nitrogens with zero attached hydrogens (tertiary/aromatic N) is 4. The van der Waals surface area contributed by atoms with Crippen molar-refractivity contribution in [3.63, 3.8) is 0 Å². The number of sulfonamides is 1. The van der Waals surface area contributed by atoms with Gasteiger partial charge in [-0.2, -0.15) is 13.9 Å². The van der Waals surface area contributed by atoms with Gasteiger partial charge in [0.05, 0.1) is 11.9 Å². The Bertz CT molecular complexity index is 1260. The molecule has 2 aromatic heterocycles. The second-order valence-corrected chi connectivity index (χ2v) is 9.59. The van der Waals surface area contributed by atoms with E-state index in [-0.39, 0.29) is 5.56 Å². The van der Waals surface area contributed by atoms with Gasteiger partial charge in [-0.15, -0.1) is 0 Å². The summed E-state index contributed by atoms with van der Waals surface area (Å²) in [4.78, 5) is 17.2. The van der Waals surface area contributed by atoms with E-state index in [2.05, 4.69) is 16.7 Å². The average Bonchev–Trinajstić information content (AvgIpc) is 3.19. The lowest BCUT2D eigenvalue weighted by molar-refractivity contribution is 0.104. The fraction of sp³-hybridized carbons (Fsp3) is 0.261. The first-order chi connectivity index (χ1) is 15.3. The van der Waals surface area contributed by atoms with Gasteiger partial charge in [-0.3, -0.25) is 14.5 Å². The van der Waals surface area contributed by atoms with Gasteiger partial charge in [0.25, 0.3) is 10.0 Å². The van der Waals surface area contributed by atoms with E-state index in [4.69, 9.17) is 0 Å². The number of carbonyl (C=O) groups is 1. The first kappa shape index (κ1) is 26.0. The number of hydrogen-bond acceptors (Lipinski definition) is 5. The van der Waals surface area contributed by atoms with E-state index in [1.165, 1.54) is 25.2 Å². The second kappa shape index (κ2) is 10.1. The molecule has 0 radical (unpaired) electrons. The van der Waals surface area contributed by atoms with Crippen LogP contribution in [-0.2, 0) is 17.1 Å². The van der Waals surface area contributed by atoms with Gasteiger partial charge in [0.15, 0.2) is 5.78 Å². The number of aryl methyl sites for hydroxylation is 1. The minimum atomic E-state index is -4.87. The summed E-state index contributed by atoms with van der Waals surface area (Å²) in [5.41, 5.74) is 1.76. The Morgan fingerprint density at radius 2 is 1.88 bits per heavy atom. The molecule has 10 heteroatoms. The molecule has 0 saturated heterocycles. The fourth-order valence-corrected chi connectivity index (χ4v) is 3.80. The largest absolute Gasteiger partial charge is 0.384 e. The first-order valence-electron chi connectivity index (χ1n) is 9.84. The summed E-state index contributed by atoms with van der Waals surface area (Å²) in [6.07, 6.45) is 11.0. The highest BCUT2D eigenvalue weighted by Crippen LogP contribution is 2.33. The molecular weight excluding hydrogens is 450 g/mol. The molecule has 0 spiro atoms. The SMILES string of the molecule is C=Cc1ncc(-c2cnn(C)c2)cc1C(=O)/C=C(C)/C=C\C(=C/C)C(F)(F)S(=O)(=O)N(C)C. The van der Waals surface area contributed by atoms with E-state index in [1.807, 2.05) is 0 Å². The molecular formula is C23H26F2N4O3S. The lowest BCUT2D eigenvalue weighted by atomic mass is 10.0. The van der Waals surface area contributed by atoms with E-state index in [1.54, 1.807) is 43.3 Å². The smallest absolute Gasteiger partial charge is 0.289 e. The Morgan fingerprint density at radius 3 is 2.39 bits per heavy atom. The van der Waals surface area contributed by atoms with Crippen LogP contribution in [-0.4, -0.2) is 52.6 Å². The highest BCUT2D eigenvalue weighted by molar-refractivity contribution is 7.90. The third kappa shape index (κ3) is 5.58. The van der Waals surface area contributed by atoms with Crippen molar-refractivity contribution in [2.24, 2.45) is 7.05 Å². The Labute approximate surface area is 192 Å². The Hall–Kier alpha value is -3.24. The zero-order valence-electron chi connectivity index (χ0n) is 19.1. The summed E-state index contributed by atoms with van der Waals surface area (Å²) in [5.74, 6) is -0.403. The van der Waals surface area contributed by atoms with E-state index < -0.39 is 26.6 Å². The molecule has 0 saturated carbocycles. The lowest BCUT2D eigenvalue weighted by Crippen LogP contribution is -2.40. The minimum absolute atomic E-state index is 0.283. The first-order valence-corrected chi connectivity index (χ1v) is 11.3. The van der Waals surface area contributed by atoms with Crippen molar-refractivity contribution in [2.45, 2.75) is 19.1 Å². The van der Waals surface area contributed by atoms with Crippen LogP contribution in [0, 0.1) is 0 Å². The molecule has 0 amide bonds. The summed E-state index contributed by atoms with van der Waals surface area (Å²) in [6.45, 7) is 6.54. The van der Waals surface area contributed by atoms with Crippen molar-refractivity contribution >= 4 is 21.9 Å². The van der Waals surface area contributed by atoms with Gasteiger partial charge in [0.1, 0.15) is 0 Å². The molecule has 0 aromatic carbocycles. The maximum Gasteiger partial charge on any atom is 0.384 e. The maximum atomic E-state index is 14.5. The van der Waals surface area contributed by atoms with E-state index >= 15 is 0 Å². The average molecular weight is 477 g/mol. The van der Waals surface area contributed by atoms with Crippen molar-refractivity contribution in [1.29, 1.82) is 0 Å². The van der Waals surface area contributed by atoms with Crippen LogP contribution in [0.25, 0.3) is 17.2 Å². The molecule has 0 aliphatic heterocycles. The molecule has 0 unspecified atom stereocenters. The number of aromatic nitrogens is 3. The molecule has 2 rings (SSSR count). The van der Waals surface area contributed by atoms with Crippen LogP contribution >= 0.6 is 0 Å². The molecule has 0 aliphatic carbocycles. The summed E-state index contributed by atoms with van der Waals surface area (Å²) < 4.78 is 55.2. The topological polar surface area (TPSA) is 85.2 Å². The molecule has 2 heterocycles. The van der Waals surface area contributed by atoms with Crippen LogP contribution in [0.4, 0.5) is 8.78 Å². The number of hydrogen-bond donors (Lipinski definition) is 0. The predicted molar refractivity (Wildman–Crippen MR) is 125 cm³/mol. The number of ketones is 1. The molecule has 2 aromatic rings. The quantitative estimate of drug-likeness (QED) is 0.307. The van der Waals surface area contributed by atoms with Crippen LogP contribution < -0.4 is 0 Å². The summed E-state index contributed by atoms with van der Waals surface area (Å²) in [7, 11) is -1.03. The molecule has 0 fully saturated rings. The number of halogens is 2. The molecule has 7 nitrogen and oxygen atoms in total. The Kier molecular flexibility index (Phi) is 7.99. The van der Waals surface area contributed by atoms with Crippen molar-refractivity contribution < 1.29 is 22.0 Å². The van der Waals surface area contributed by atoms with Crippen LogP contribution in [0.1, 0.15) is 29.9 Å². The zero-order valence-corrected chi connectivity index (χ0v) is 19.9. The molecule has 33 heavy (non-hydrogen) atoms. The van der Waals surface area contributed by atoms with Gasteiger partial charge in [0, 0.05) is 55.8 Å². The van der Waals surface area contributed by atoms with Gasteiger partial charge >= 0.3 is 5.25 Å². The Balaban J connectivity index is 2.36. The van der Waals surface area contributed by atoms with Crippen LogP contribution in [0.3, 0.4) is 0 Å². The maximum absolute atomic E-state index is 14.5. The van der Waals surface area contributed by atoms with E-state index in [0.29, 0.717) is 21.1 Å². The predicted octanol–water partition coefficient (Wildman–Crippen LogP) is 4.24. The highest BCUT2D eigenvalue weighted by atomic mass is 32.2. The number of pyridine rings is 1. The van der Waals surface area contributed by atoms with Gasteiger partial charge in [-0.1, -0.05) is 24.8 Å². The van der Waals surface area contributed by atoms with Crippen LogP contribution in [0.5, 0.6) is 0 Å². The molecule has 0 atom stereocenters. The molecule has 0 aliphatic rings. The van der Waals surface area contributed by atoms with Gasteiger partial charge < -0.3 is 0 Å². The summed E-state index contributed by atoms with van der Waals surface area (Å²) in [6, 6.07) is 1.66.